The summed E-state index contributed by atoms with van der Waals surface area (Å²) in [6.07, 6.45) is 2.34. The summed E-state index contributed by atoms with van der Waals surface area (Å²) in [5.74, 6) is 0.338. The van der Waals surface area contributed by atoms with Gasteiger partial charge in [0.1, 0.15) is 11.8 Å². The molecule has 2 N–H and O–H groups in total. The Morgan fingerprint density at radius 1 is 1.61 bits per heavy atom. The van der Waals surface area contributed by atoms with Crippen LogP contribution in [-0.2, 0) is 0 Å². The molecule has 5 heteroatoms. The molecule has 2 unspecified atom stereocenters. The molecule has 1 amide bonds. The minimum absolute atomic E-state index is 0.0288. The van der Waals surface area contributed by atoms with Gasteiger partial charge >= 0.3 is 0 Å². The van der Waals surface area contributed by atoms with Gasteiger partial charge in [-0.05, 0) is 24.5 Å². The van der Waals surface area contributed by atoms with E-state index < -0.39 is 0 Å². The highest BCUT2D eigenvalue weighted by Crippen LogP contribution is 2.17. The number of piperidine rings is 1. The van der Waals surface area contributed by atoms with Gasteiger partial charge in [0.2, 0.25) is 0 Å². The minimum Gasteiger partial charge on any atom is -0.336 e. The Morgan fingerprint density at radius 2 is 2.39 bits per heavy atom. The van der Waals surface area contributed by atoms with E-state index >= 15 is 0 Å². The van der Waals surface area contributed by atoms with Gasteiger partial charge in [-0.15, -0.1) is 0 Å². The zero-order valence-corrected chi connectivity index (χ0v) is 10.3. The Morgan fingerprint density at radius 3 is 2.94 bits per heavy atom. The molecule has 0 aliphatic carbocycles. The van der Waals surface area contributed by atoms with Crippen LogP contribution in [0.1, 0.15) is 29.4 Å². The standard InChI is InChI=1S/C13H16N4O/c1-9-4-5-17(8-11(9)15)13(18)12-3-2-10(6-14)7-16-12/h2-3,7,9,11H,4-5,8,15H2,1H3. The van der Waals surface area contributed by atoms with Crippen LogP contribution in [0, 0.1) is 17.2 Å². The molecule has 1 fully saturated rings. The van der Waals surface area contributed by atoms with Crippen LogP contribution in [-0.4, -0.2) is 34.9 Å². The zero-order valence-electron chi connectivity index (χ0n) is 10.3. The lowest BCUT2D eigenvalue weighted by molar-refractivity contribution is 0.0666. The minimum atomic E-state index is -0.109. The van der Waals surface area contributed by atoms with E-state index in [0.717, 1.165) is 13.0 Å². The van der Waals surface area contributed by atoms with Crippen molar-refractivity contribution in [2.24, 2.45) is 11.7 Å². The topological polar surface area (TPSA) is 83.0 Å². The number of pyridine rings is 1. The number of nitrogens with zero attached hydrogens (tertiary/aromatic N) is 3. The van der Waals surface area contributed by atoms with Gasteiger partial charge in [-0.2, -0.15) is 5.26 Å². The summed E-state index contributed by atoms with van der Waals surface area (Å²) in [7, 11) is 0. The summed E-state index contributed by atoms with van der Waals surface area (Å²) in [6.45, 7) is 3.39. The number of hydrogen-bond donors (Lipinski definition) is 1. The molecule has 1 aliphatic heterocycles. The number of hydrogen-bond acceptors (Lipinski definition) is 4. The van der Waals surface area contributed by atoms with Crippen LogP contribution in [0.2, 0.25) is 0 Å². The summed E-state index contributed by atoms with van der Waals surface area (Å²) in [5, 5.41) is 8.68. The normalized spacial score (nSPS) is 23.5. The van der Waals surface area contributed by atoms with Gasteiger partial charge in [0.05, 0.1) is 5.56 Å². The lowest BCUT2D eigenvalue weighted by Gasteiger charge is -2.34. The fourth-order valence-electron chi connectivity index (χ4n) is 2.03. The molecule has 0 aromatic carbocycles. The smallest absolute Gasteiger partial charge is 0.272 e. The van der Waals surface area contributed by atoms with Crippen molar-refractivity contribution in [3.8, 4) is 6.07 Å². The van der Waals surface area contributed by atoms with Gasteiger partial charge in [0.15, 0.2) is 0 Å². The molecule has 0 spiro atoms. The number of carbonyl (C=O) groups excluding carboxylic acids is 1. The maximum atomic E-state index is 12.2. The number of aromatic nitrogens is 1. The van der Waals surface area contributed by atoms with E-state index in [2.05, 4.69) is 11.9 Å². The number of carbonyl (C=O) groups is 1. The van der Waals surface area contributed by atoms with Crippen LogP contribution in [0.3, 0.4) is 0 Å². The highest BCUT2D eigenvalue weighted by atomic mass is 16.2. The number of nitriles is 1. The maximum Gasteiger partial charge on any atom is 0.272 e. The zero-order chi connectivity index (χ0) is 13.1. The second-order valence-corrected chi connectivity index (χ2v) is 4.72. The average Bonchev–Trinajstić information content (AvgIpc) is 2.41. The molecule has 1 aromatic rings. The van der Waals surface area contributed by atoms with Crippen LogP contribution in [0.5, 0.6) is 0 Å². The molecule has 0 radical (unpaired) electrons. The first-order valence-electron chi connectivity index (χ1n) is 6.03. The highest BCUT2D eigenvalue weighted by molar-refractivity contribution is 5.92. The SMILES string of the molecule is CC1CCN(C(=O)c2ccc(C#N)cn2)CC1N. The first-order valence-corrected chi connectivity index (χ1v) is 6.03. The van der Waals surface area contributed by atoms with Gasteiger partial charge in [0.25, 0.3) is 5.91 Å². The predicted molar refractivity (Wildman–Crippen MR) is 66.6 cm³/mol. The van der Waals surface area contributed by atoms with Crippen molar-refractivity contribution in [3.05, 3.63) is 29.6 Å². The number of rotatable bonds is 1. The number of nitrogens with two attached hydrogens (primary N) is 1. The van der Waals surface area contributed by atoms with Crippen molar-refractivity contribution in [1.82, 2.24) is 9.88 Å². The van der Waals surface area contributed by atoms with E-state index in [1.165, 1.54) is 6.20 Å². The summed E-state index contributed by atoms with van der Waals surface area (Å²) >= 11 is 0. The highest BCUT2D eigenvalue weighted by Gasteiger charge is 2.27. The number of amides is 1. The molecule has 1 aromatic heterocycles. The summed E-state index contributed by atoms with van der Waals surface area (Å²) in [6, 6.07) is 5.20. The lowest BCUT2D eigenvalue weighted by Crippen LogP contribution is -2.49. The molecule has 2 heterocycles. The third-order valence-electron chi connectivity index (χ3n) is 3.42. The van der Waals surface area contributed by atoms with Crippen LogP contribution in [0.15, 0.2) is 18.3 Å². The first-order chi connectivity index (χ1) is 8.61. The molecule has 0 saturated carbocycles. The van der Waals surface area contributed by atoms with Gasteiger partial charge in [-0.25, -0.2) is 4.98 Å². The average molecular weight is 244 g/mol. The van der Waals surface area contributed by atoms with Gasteiger partial charge in [0, 0.05) is 25.3 Å². The molecule has 2 atom stereocenters. The molecular weight excluding hydrogens is 228 g/mol. The Balaban J connectivity index is 2.09. The van der Waals surface area contributed by atoms with Crippen molar-refractivity contribution in [3.63, 3.8) is 0 Å². The Bertz CT molecular complexity index is 477. The Kier molecular flexibility index (Phi) is 3.58. The van der Waals surface area contributed by atoms with Gasteiger partial charge < -0.3 is 10.6 Å². The molecule has 18 heavy (non-hydrogen) atoms. The van der Waals surface area contributed by atoms with E-state index in [-0.39, 0.29) is 11.9 Å². The summed E-state index contributed by atoms with van der Waals surface area (Å²) < 4.78 is 0. The molecule has 5 nitrogen and oxygen atoms in total. The van der Waals surface area contributed by atoms with E-state index in [1.807, 2.05) is 6.07 Å². The van der Waals surface area contributed by atoms with Crippen molar-refractivity contribution < 1.29 is 4.79 Å². The molecule has 1 aliphatic rings. The van der Waals surface area contributed by atoms with Gasteiger partial charge in [-0.1, -0.05) is 6.92 Å². The second-order valence-electron chi connectivity index (χ2n) is 4.72. The van der Waals surface area contributed by atoms with Crippen LogP contribution >= 0.6 is 0 Å². The van der Waals surface area contributed by atoms with Crippen molar-refractivity contribution in [2.45, 2.75) is 19.4 Å². The quantitative estimate of drug-likeness (QED) is 0.790. The van der Waals surface area contributed by atoms with Crippen LogP contribution in [0.4, 0.5) is 0 Å². The third-order valence-corrected chi connectivity index (χ3v) is 3.42. The number of likely N-dealkylation sites (tertiary alicyclic amines) is 1. The third kappa shape index (κ3) is 2.49. The summed E-state index contributed by atoms with van der Waals surface area (Å²) in [5.41, 5.74) is 6.80. The molecule has 94 valence electrons. The fourth-order valence-corrected chi connectivity index (χ4v) is 2.03. The second kappa shape index (κ2) is 5.15. The van der Waals surface area contributed by atoms with Gasteiger partial charge in [-0.3, -0.25) is 4.79 Å². The van der Waals surface area contributed by atoms with E-state index in [9.17, 15) is 4.79 Å². The van der Waals surface area contributed by atoms with Crippen LogP contribution in [0.25, 0.3) is 0 Å². The maximum absolute atomic E-state index is 12.2. The predicted octanol–water partition coefficient (Wildman–Crippen LogP) is 0.763. The Labute approximate surface area is 106 Å². The fraction of sp³-hybridized carbons (Fsp3) is 0.462. The first kappa shape index (κ1) is 12.5. The molecule has 0 bridgehead atoms. The molecular formula is C13H16N4O. The van der Waals surface area contributed by atoms with Crippen LogP contribution < -0.4 is 5.73 Å². The van der Waals surface area contributed by atoms with Crippen molar-refractivity contribution in [2.75, 3.05) is 13.1 Å². The molecule has 2 rings (SSSR count). The molecule has 1 saturated heterocycles. The van der Waals surface area contributed by atoms with E-state index in [1.54, 1.807) is 17.0 Å². The largest absolute Gasteiger partial charge is 0.336 e. The lowest BCUT2D eigenvalue weighted by atomic mass is 9.94. The van der Waals surface area contributed by atoms with E-state index in [0.29, 0.717) is 23.7 Å². The van der Waals surface area contributed by atoms with Crippen molar-refractivity contribution in [1.29, 1.82) is 5.26 Å². The Hall–Kier alpha value is -1.93. The van der Waals surface area contributed by atoms with Crippen molar-refractivity contribution >= 4 is 5.91 Å². The summed E-state index contributed by atoms with van der Waals surface area (Å²) in [4.78, 5) is 17.9. The van der Waals surface area contributed by atoms with E-state index in [4.69, 9.17) is 11.0 Å². The monoisotopic (exact) mass is 244 g/mol.